The van der Waals surface area contributed by atoms with E-state index in [1.54, 1.807) is 24.4 Å². The smallest absolute Gasteiger partial charge is 0.148 e. The summed E-state index contributed by atoms with van der Waals surface area (Å²) >= 11 is 3.44. The van der Waals surface area contributed by atoms with Gasteiger partial charge in [-0.1, -0.05) is 48.5 Å². The number of amidine groups is 1. The molecule has 2 aromatic carbocycles. The summed E-state index contributed by atoms with van der Waals surface area (Å²) in [6, 6.07) is 21.3. The van der Waals surface area contributed by atoms with E-state index in [9.17, 15) is 4.39 Å². The Labute approximate surface area is 208 Å². The van der Waals surface area contributed by atoms with Gasteiger partial charge in [0.2, 0.25) is 0 Å². The monoisotopic (exact) mass is 596 g/mol. The number of pyridine rings is 1. The van der Waals surface area contributed by atoms with Gasteiger partial charge < -0.3 is 12.6 Å². The molecule has 1 aromatic heterocycles. The zero-order chi connectivity index (χ0) is 23.2. The first-order chi connectivity index (χ1) is 15.5. The predicted octanol–water partition coefficient (Wildman–Crippen LogP) is 6.55. The molecule has 3 aromatic rings. The van der Waals surface area contributed by atoms with Crippen LogP contribution in [0.2, 0.25) is 4.44 Å². The Morgan fingerprint density at radius 3 is 2.31 bits per heavy atom. The van der Waals surface area contributed by atoms with Gasteiger partial charge in [0, 0.05) is 16.9 Å². The van der Waals surface area contributed by atoms with Crippen LogP contribution in [0.4, 0.5) is 10.1 Å². The number of halogens is 3. The zero-order valence-electron chi connectivity index (χ0n) is 17.5. The largest absolute Gasteiger partial charge is 0.741 e. The molecule has 0 amide bonds. The number of aliphatic imine (C=N–C) groups is 1. The van der Waals surface area contributed by atoms with Crippen LogP contribution in [0.1, 0.15) is 31.0 Å². The maximum absolute atomic E-state index is 13.7. The van der Waals surface area contributed by atoms with E-state index in [1.165, 1.54) is 18.9 Å². The maximum Gasteiger partial charge on any atom is 0.148 e. The van der Waals surface area contributed by atoms with E-state index in [0.29, 0.717) is 11.4 Å². The molecule has 0 saturated carbocycles. The minimum atomic E-state index is -1.70. The van der Waals surface area contributed by atoms with E-state index in [0.717, 1.165) is 10.0 Å². The molecule has 0 aliphatic rings. The predicted molar refractivity (Wildman–Crippen MR) is 137 cm³/mol. The third kappa shape index (κ3) is 9.81. The first-order valence-corrected chi connectivity index (χ1v) is 19.6. The van der Waals surface area contributed by atoms with Gasteiger partial charge in [0.15, 0.2) is 0 Å². The maximum atomic E-state index is 13.7. The Kier molecular flexibility index (Phi) is 12.6. The average molecular weight is 596 g/mol. The average Bonchev–Trinajstić information content (AvgIpc) is 2.81. The minimum Gasteiger partial charge on any atom is -0.741 e. The Balaban J connectivity index is 0.000000451. The van der Waals surface area contributed by atoms with E-state index in [1.807, 2.05) is 48.5 Å². The van der Waals surface area contributed by atoms with E-state index in [2.05, 4.69) is 27.4 Å². The second-order valence-electron chi connectivity index (χ2n) is 6.46. The van der Waals surface area contributed by atoms with Gasteiger partial charge >= 0.3 is 59.6 Å². The third-order valence-electron chi connectivity index (χ3n) is 4.01. The first-order valence-electron chi connectivity index (χ1n) is 9.98. The molecule has 0 saturated heterocycles. The van der Waals surface area contributed by atoms with Gasteiger partial charge in [0.1, 0.15) is 11.5 Å². The zero-order valence-corrected chi connectivity index (χ0v) is 22.7. The minimum absolute atomic E-state index is 0.0643. The van der Waals surface area contributed by atoms with Crippen LogP contribution in [-0.4, -0.2) is 33.4 Å². The number of nitrogens with one attached hydrogen (secondary N) is 1. The molecule has 0 aliphatic carbocycles. The molecule has 0 bridgehead atoms. The molecule has 0 aliphatic heterocycles. The molecule has 166 valence electrons. The van der Waals surface area contributed by atoms with Gasteiger partial charge in [-0.3, -0.25) is 15.4 Å². The molecule has 3 rings (SSSR count). The summed E-state index contributed by atoms with van der Waals surface area (Å²) in [6.45, 7) is 2.15. The summed E-state index contributed by atoms with van der Waals surface area (Å²) in [5.41, 5.74) is 5.05. The molecule has 0 radical (unpaired) electrons. The van der Waals surface area contributed by atoms with Crippen LogP contribution in [0.15, 0.2) is 89.1 Å². The number of rotatable bonds is 7. The molecule has 0 unspecified atom stereocenters. The van der Waals surface area contributed by atoms with Crippen LogP contribution in [0.25, 0.3) is 0 Å². The summed E-state index contributed by atoms with van der Waals surface area (Å²) in [5, 5.41) is 4.40. The number of hydrogen-bond acceptors (Lipinski definition) is 4. The van der Waals surface area contributed by atoms with Crippen LogP contribution in [-0.2, 0) is 12.6 Å². The van der Waals surface area contributed by atoms with Crippen LogP contribution >= 0.6 is 17.8 Å². The summed E-state index contributed by atoms with van der Waals surface area (Å²) in [5.74, 6) is -0.441. The number of benzene rings is 2. The van der Waals surface area contributed by atoms with Crippen LogP contribution in [0.5, 0.6) is 0 Å². The van der Waals surface area contributed by atoms with Crippen molar-refractivity contribution in [3.63, 3.8) is 0 Å². The van der Waals surface area contributed by atoms with Gasteiger partial charge in [-0.25, -0.2) is 4.39 Å². The van der Waals surface area contributed by atoms with Crippen LogP contribution < -0.4 is 5.43 Å². The second kappa shape index (κ2) is 15.2. The molecule has 0 spiro atoms. The van der Waals surface area contributed by atoms with Gasteiger partial charge in [0.25, 0.3) is 0 Å². The SMILES string of the molecule is CCC[CH2][Sn+]([Cl])[Cl].Fc1ccccc1N=C([S-])N/N=C(\c1ccccc1)c1ccccn1. The van der Waals surface area contributed by atoms with Crippen molar-refractivity contribution in [1.29, 1.82) is 0 Å². The van der Waals surface area contributed by atoms with Crippen molar-refractivity contribution in [2.45, 2.75) is 24.2 Å². The quantitative estimate of drug-likeness (QED) is 0.111. The van der Waals surface area contributed by atoms with Crippen molar-refractivity contribution in [3.8, 4) is 0 Å². The fourth-order valence-electron chi connectivity index (χ4n) is 2.46. The fraction of sp³-hybridized carbons (Fsp3) is 0.174. The number of hydrogen-bond donors (Lipinski definition) is 1. The molecule has 1 heterocycles. The number of nitrogens with zero attached hydrogens (tertiary/aromatic N) is 3. The first kappa shape index (κ1) is 26.5. The van der Waals surface area contributed by atoms with Gasteiger partial charge in [-0.2, -0.15) is 5.10 Å². The molecule has 1 N–H and O–H groups in total. The standard InChI is InChI=1S/C19H15FN4S.C4H9.2ClH.Sn/c20-15-10-4-5-11-16(15)22-19(25)24-23-18(14-8-2-1-3-9-14)17-12-6-7-13-21-17;1-3-4-2;;;/h1-13H,(H2,22,24,25);1,3-4H2,2H3;2*1H;/q;;;;+3/p-3/b23-18+;;;;. The Morgan fingerprint density at radius 2 is 1.72 bits per heavy atom. The van der Waals surface area contributed by atoms with Crippen molar-refractivity contribution in [1.82, 2.24) is 10.4 Å². The molecule has 32 heavy (non-hydrogen) atoms. The number of aromatic nitrogens is 1. The van der Waals surface area contributed by atoms with Crippen molar-refractivity contribution < 1.29 is 4.39 Å². The van der Waals surface area contributed by atoms with E-state index >= 15 is 0 Å². The van der Waals surface area contributed by atoms with Gasteiger partial charge in [0.05, 0.1) is 11.4 Å². The number of para-hydroxylation sites is 1. The molecule has 0 atom stereocenters. The molecular formula is C23H23Cl2FN4SSn. The fourth-order valence-corrected chi connectivity index (χ4v) is 6.17. The van der Waals surface area contributed by atoms with E-state index in [4.69, 9.17) is 30.5 Å². The third-order valence-corrected chi connectivity index (χ3v) is 8.82. The van der Waals surface area contributed by atoms with E-state index < -0.39 is 23.3 Å². The molecule has 4 nitrogen and oxygen atoms in total. The van der Waals surface area contributed by atoms with Crippen molar-refractivity contribution in [2.24, 2.45) is 10.1 Å². The Morgan fingerprint density at radius 1 is 1.03 bits per heavy atom. The van der Waals surface area contributed by atoms with Crippen molar-refractivity contribution in [2.75, 3.05) is 0 Å². The van der Waals surface area contributed by atoms with Crippen LogP contribution in [0, 0.1) is 5.82 Å². The second-order valence-corrected chi connectivity index (χ2v) is 17.6. The van der Waals surface area contributed by atoms with Gasteiger partial charge in [-0.05, 0) is 24.3 Å². The number of unbranched alkanes of at least 4 members (excludes halogenated alkanes) is 1. The Hall–Kier alpha value is -1.74. The summed E-state index contributed by atoms with van der Waals surface area (Å²) in [7, 11) is 11.2. The van der Waals surface area contributed by atoms with Crippen molar-refractivity contribution >= 4 is 64.5 Å². The summed E-state index contributed by atoms with van der Waals surface area (Å²) in [6.07, 6.45) is 4.14. The number of hydrazone groups is 1. The molecule has 0 fully saturated rings. The van der Waals surface area contributed by atoms with Gasteiger partial charge in [-0.15, -0.1) is 0 Å². The van der Waals surface area contributed by atoms with Crippen LogP contribution in [0.3, 0.4) is 0 Å². The normalized spacial score (nSPS) is 11.4. The molecule has 9 heteroatoms. The Bertz CT molecular complexity index is 964. The van der Waals surface area contributed by atoms with Crippen molar-refractivity contribution in [3.05, 3.63) is 96.1 Å². The summed E-state index contributed by atoms with van der Waals surface area (Å²) in [4.78, 5) is 8.36. The molecular weight excluding hydrogens is 573 g/mol. The topological polar surface area (TPSA) is 49.6 Å². The van der Waals surface area contributed by atoms with E-state index in [-0.39, 0.29) is 10.9 Å². The summed E-state index contributed by atoms with van der Waals surface area (Å²) < 4.78 is 14.8.